The van der Waals surface area contributed by atoms with Gasteiger partial charge in [0.2, 0.25) is 0 Å². The molecule has 1 amide bonds. The number of hydrogen-bond donors (Lipinski definition) is 1. The fourth-order valence-corrected chi connectivity index (χ4v) is 3.38. The van der Waals surface area contributed by atoms with Crippen molar-refractivity contribution in [2.75, 3.05) is 13.7 Å². The number of hydrogen-bond acceptors (Lipinski definition) is 4. The van der Waals surface area contributed by atoms with Crippen LogP contribution in [0.1, 0.15) is 16.5 Å². The molecule has 3 rings (SSSR count). The molecule has 26 heavy (non-hydrogen) atoms. The molecule has 0 saturated carbocycles. The summed E-state index contributed by atoms with van der Waals surface area (Å²) in [6.07, 6.45) is 0. The summed E-state index contributed by atoms with van der Waals surface area (Å²) >= 11 is 7.56. The van der Waals surface area contributed by atoms with E-state index >= 15 is 0 Å². The molecule has 0 aliphatic heterocycles. The van der Waals surface area contributed by atoms with Crippen LogP contribution in [0.15, 0.2) is 66.0 Å². The molecule has 1 heterocycles. The average molecular weight is 388 g/mol. The van der Waals surface area contributed by atoms with Crippen LogP contribution >= 0.6 is 22.9 Å². The van der Waals surface area contributed by atoms with Crippen LogP contribution in [0.4, 0.5) is 0 Å². The zero-order valence-electron chi connectivity index (χ0n) is 14.1. The quantitative estimate of drug-likeness (QED) is 0.639. The van der Waals surface area contributed by atoms with Crippen molar-refractivity contribution in [2.24, 2.45) is 0 Å². The van der Waals surface area contributed by atoms with Gasteiger partial charge in [0.15, 0.2) is 6.61 Å². The Kier molecular flexibility index (Phi) is 6.15. The van der Waals surface area contributed by atoms with E-state index in [1.54, 1.807) is 42.7 Å². The third-order valence-corrected chi connectivity index (χ3v) is 4.95. The van der Waals surface area contributed by atoms with Crippen LogP contribution in [0.2, 0.25) is 5.02 Å². The monoisotopic (exact) mass is 387 g/mol. The van der Waals surface area contributed by atoms with Crippen molar-refractivity contribution in [1.82, 2.24) is 5.32 Å². The molecule has 0 saturated heterocycles. The number of thiophene rings is 1. The number of amides is 1. The molecule has 2 aromatic carbocycles. The lowest BCUT2D eigenvalue weighted by atomic mass is 10.1. The van der Waals surface area contributed by atoms with Crippen molar-refractivity contribution in [3.63, 3.8) is 0 Å². The maximum absolute atomic E-state index is 12.4. The van der Waals surface area contributed by atoms with Gasteiger partial charge in [-0.05, 0) is 53.4 Å². The third kappa shape index (κ3) is 4.77. The van der Waals surface area contributed by atoms with Crippen LogP contribution in [0, 0.1) is 0 Å². The van der Waals surface area contributed by atoms with Gasteiger partial charge >= 0.3 is 0 Å². The van der Waals surface area contributed by atoms with Crippen LogP contribution in [-0.4, -0.2) is 19.6 Å². The van der Waals surface area contributed by atoms with Crippen LogP contribution in [0.5, 0.6) is 11.5 Å². The van der Waals surface area contributed by atoms with Gasteiger partial charge in [-0.25, -0.2) is 0 Å². The Labute approximate surface area is 161 Å². The normalized spacial score (nSPS) is 11.6. The lowest BCUT2D eigenvalue weighted by Crippen LogP contribution is -2.32. The van der Waals surface area contributed by atoms with Gasteiger partial charge in [0.05, 0.1) is 13.2 Å². The predicted octanol–water partition coefficient (Wildman–Crippen LogP) is 4.69. The summed E-state index contributed by atoms with van der Waals surface area (Å²) in [6, 6.07) is 18.3. The molecule has 1 aromatic heterocycles. The first-order valence-electron chi connectivity index (χ1n) is 8.01. The van der Waals surface area contributed by atoms with Crippen molar-refractivity contribution >= 4 is 28.8 Å². The van der Waals surface area contributed by atoms with E-state index in [4.69, 9.17) is 21.1 Å². The zero-order valence-corrected chi connectivity index (χ0v) is 15.7. The number of rotatable bonds is 7. The lowest BCUT2D eigenvalue weighted by Gasteiger charge is -2.18. The van der Waals surface area contributed by atoms with E-state index in [0.29, 0.717) is 10.8 Å². The van der Waals surface area contributed by atoms with Crippen molar-refractivity contribution in [3.8, 4) is 11.5 Å². The first-order chi connectivity index (χ1) is 12.7. The highest BCUT2D eigenvalue weighted by Crippen LogP contribution is 2.27. The molecule has 1 N–H and O–H groups in total. The topological polar surface area (TPSA) is 47.6 Å². The van der Waals surface area contributed by atoms with Crippen molar-refractivity contribution in [3.05, 3.63) is 81.5 Å². The molecule has 4 nitrogen and oxygen atoms in total. The Balaban J connectivity index is 1.66. The van der Waals surface area contributed by atoms with Gasteiger partial charge in [-0.2, -0.15) is 0 Å². The number of carbonyl (C=O) groups is 1. The van der Waals surface area contributed by atoms with Crippen LogP contribution in [0.3, 0.4) is 0 Å². The fourth-order valence-electron chi connectivity index (χ4n) is 2.45. The summed E-state index contributed by atoms with van der Waals surface area (Å²) < 4.78 is 10.7. The van der Waals surface area contributed by atoms with E-state index in [-0.39, 0.29) is 18.6 Å². The molecular formula is C20H18ClNO3S. The molecule has 0 radical (unpaired) electrons. The van der Waals surface area contributed by atoms with Gasteiger partial charge in [0, 0.05) is 9.90 Å². The van der Waals surface area contributed by atoms with E-state index in [2.05, 4.69) is 5.32 Å². The molecule has 1 atom stereocenters. The van der Waals surface area contributed by atoms with Crippen molar-refractivity contribution in [1.29, 1.82) is 0 Å². The van der Waals surface area contributed by atoms with E-state index in [1.807, 2.05) is 41.8 Å². The maximum atomic E-state index is 12.4. The SMILES string of the molecule is COc1ccc(OCC(=O)NC(c2ccc(Cl)cc2)c2cccs2)cc1. The number of benzene rings is 2. The molecule has 1 unspecified atom stereocenters. The van der Waals surface area contributed by atoms with E-state index in [1.165, 1.54) is 0 Å². The molecular weight excluding hydrogens is 370 g/mol. The first-order valence-corrected chi connectivity index (χ1v) is 9.26. The minimum absolute atomic E-state index is 0.0677. The maximum Gasteiger partial charge on any atom is 0.258 e. The van der Waals surface area contributed by atoms with Crippen LogP contribution in [-0.2, 0) is 4.79 Å². The average Bonchev–Trinajstić information content (AvgIpc) is 3.20. The van der Waals surface area contributed by atoms with Crippen molar-refractivity contribution < 1.29 is 14.3 Å². The second-order valence-electron chi connectivity index (χ2n) is 5.53. The number of halogens is 1. The summed E-state index contributed by atoms with van der Waals surface area (Å²) in [5.41, 5.74) is 0.967. The molecule has 0 bridgehead atoms. The lowest BCUT2D eigenvalue weighted by molar-refractivity contribution is -0.123. The van der Waals surface area contributed by atoms with Gasteiger partial charge in [-0.15, -0.1) is 11.3 Å². The Morgan fingerprint density at radius 2 is 1.77 bits per heavy atom. The highest BCUT2D eigenvalue weighted by molar-refractivity contribution is 7.10. The van der Waals surface area contributed by atoms with E-state index in [9.17, 15) is 4.79 Å². The molecule has 0 aliphatic rings. The molecule has 3 aromatic rings. The van der Waals surface area contributed by atoms with Crippen LogP contribution in [0.25, 0.3) is 0 Å². The third-order valence-electron chi connectivity index (χ3n) is 3.77. The molecule has 0 spiro atoms. The van der Waals surface area contributed by atoms with Gasteiger partial charge in [0.25, 0.3) is 5.91 Å². The van der Waals surface area contributed by atoms with Gasteiger partial charge in [0.1, 0.15) is 11.5 Å². The Bertz CT molecular complexity index is 833. The van der Waals surface area contributed by atoms with Gasteiger partial charge in [-0.3, -0.25) is 4.79 Å². The molecule has 0 fully saturated rings. The van der Waals surface area contributed by atoms with Crippen molar-refractivity contribution in [2.45, 2.75) is 6.04 Å². The summed E-state index contributed by atoms with van der Waals surface area (Å²) in [5, 5.41) is 5.67. The number of carbonyl (C=O) groups excluding carboxylic acids is 1. The van der Waals surface area contributed by atoms with E-state index < -0.39 is 0 Å². The molecule has 0 aliphatic carbocycles. The predicted molar refractivity (Wildman–Crippen MR) is 104 cm³/mol. The highest BCUT2D eigenvalue weighted by Gasteiger charge is 2.18. The minimum Gasteiger partial charge on any atom is -0.497 e. The smallest absolute Gasteiger partial charge is 0.258 e. The standard InChI is InChI=1S/C20H18ClNO3S/c1-24-16-8-10-17(11-9-16)25-13-19(23)22-20(18-3-2-12-26-18)14-4-6-15(21)7-5-14/h2-12,20H,13H2,1H3,(H,22,23). The zero-order chi connectivity index (χ0) is 18.4. The Morgan fingerprint density at radius 1 is 1.08 bits per heavy atom. The number of ether oxygens (including phenoxy) is 2. The fraction of sp³-hybridized carbons (Fsp3) is 0.150. The highest BCUT2D eigenvalue weighted by atomic mass is 35.5. The summed E-state index contributed by atoms with van der Waals surface area (Å²) in [4.78, 5) is 13.4. The first kappa shape index (κ1) is 18.3. The second-order valence-corrected chi connectivity index (χ2v) is 6.95. The minimum atomic E-state index is -0.237. The second kappa shape index (κ2) is 8.74. The summed E-state index contributed by atoms with van der Waals surface area (Å²) in [5.74, 6) is 1.15. The number of nitrogens with one attached hydrogen (secondary N) is 1. The largest absolute Gasteiger partial charge is 0.497 e. The summed E-state index contributed by atoms with van der Waals surface area (Å²) in [6.45, 7) is -0.0677. The Hall–Kier alpha value is -2.50. The van der Waals surface area contributed by atoms with Crippen LogP contribution < -0.4 is 14.8 Å². The van der Waals surface area contributed by atoms with Gasteiger partial charge < -0.3 is 14.8 Å². The van der Waals surface area contributed by atoms with Gasteiger partial charge in [-0.1, -0.05) is 29.8 Å². The number of methoxy groups -OCH3 is 1. The molecule has 134 valence electrons. The molecule has 6 heteroatoms. The van der Waals surface area contributed by atoms with E-state index in [0.717, 1.165) is 16.2 Å². The summed E-state index contributed by atoms with van der Waals surface area (Å²) in [7, 11) is 1.60. The Morgan fingerprint density at radius 3 is 2.38 bits per heavy atom.